The highest BCUT2D eigenvalue weighted by Gasteiger charge is 2.39. The Morgan fingerprint density at radius 3 is 2.67 bits per heavy atom. The van der Waals surface area contributed by atoms with Crippen molar-refractivity contribution in [2.24, 2.45) is 18.4 Å². The van der Waals surface area contributed by atoms with E-state index in [0.717, 1.165) is 13.1 Å². The minimum Gasteiger partial charge on any atom is -0.381 e. The molecule has 1 aliphatic heterocycles. The molecule has 0 aliphatic carbocycles. The zero-order chi connectivity index (χ0) is 15.6. The van der Waals surface area contributed by atoms with E-state index >= 15 is 0 Å². The first kappa shape index (κ1) is 16.0. The van der Waals surface area contributed by atoms with E-state index in [9.17, 15) is 4.79 Å². The molecule has 1 aromatic heterocycles. The number of hydrogen-bond acceptors (Lipinski definition) is 3. The summed E-state index contributed by atoms with van der Waals surface area (Å²) >= 11 is 0. The zero-order valence-electron chi connectivity index (χ0n) is 13.8. The summed E-state index contributed by atoms with van der Waals surface area (Å²) in [6, 6.07) is 0. The van der Waals surface area contributed by atoms with Crippen molar-refractivity contribution in [2.75, 3.05) is 26.3 Å². The summed E-state index contributed by atoms with van der Waals surface area (Å²) in [4.78, 5) is 14.5. The lowest BCUT2D eigenvalue weighted by molar-refractivity contribution is -0.138. The number of rotatable bonds is 4. The van der Waals surface area contributed by atoms with Crippen LogP contribution in [0.4, 0.5) is 0 Å². The van der Waals surface area contributed by atoms with Crippen LogP contribution < -0.4 is 0 Å². The standard InChI is InChI=1S/C16H27N3O2/c1-6-21-11-13-9-19(15(20)16(2,3)4)10-14(13)12-7-17-18(5)8-12/h7-8,13-14H,6,9-11H2,1-5H3/t13-,14-/m0/s1. The van der Waals surface area contributed by atoms with Crippen molar-refractivity contribution in [3.05, 3.63) is 18.0 Å². The fraction of sp³-hybridized carbons (Fsp3) is 0.750. The fourth-order valence-electron chi connectivity index (χ4n) is 2.96. The number of hydrogen-bond donors (Lipinski definition) is 0. The van der Waals surface area contributed by atoms with Gasteiger partial charge in [0.2, 0.25) is 5.91 Å². The number of ether oxygens (including phenoxy) is 1. The first-order valence-electron chi connectivity index (χ1n) is 7.68. The van der Waals surface area contributed by atoms with Crippen molar-refractivity contribution in [1.29, 1.82) is 0 Å². The molecule has 0 aromatic carbocycles. The van der Waals surface area contributed by atoms with E-state index in [1.54, 1.807) is 0 Å². The molecule has 0 unspecified atom stereocenters. The molecule has 5 nitrogen and oxygen atoms in total. The highest BCUT2D eigenvalue weighted by atomic mass is 16.5. The summed E-state index contributed by atoms with van der Waals surface area (Å²) < 4.78 is 7.45. The van der Waals surface area contributed by atoms with Gasteiger partial charge in [0, 0.05) is 50.2 Å². The molecule has 118 valence electrons. The lowest BCUT2D eigenvalue weighted by Gasteiger charge is -2.25. The second-order valence-electron chi connectivity index (χ2n) is 6.93. The Kier molecular flexibility index (Phi) is 4.71. The number of aryl methyl sites for hydroxylation is 1. The Morgan fingerprint density at radius 2 is 2.14 bits per heavy atom. The summed E-state index contributed by atoms with van der Waals surface area (Å²) in [5, 5.41) is 4.27. The molecule has 0 N–H and O–H groups in total. The van der Waals surface area contributed by atoms with Crippen LogP contribution in [0.2, 0.25) is 0 Å². The first-order valence-corrected chi connectivity index (χ1v) is 7.68. The number of amides is 1. The van der Waals surface area contributed by atoms with Crippen molar-refractivity contribution in [3.63, 3.8) is 0 Å². The van der Waals surface area contributed by atoms with Gasteiger partial charge in [0.25, 0.3) is 0 Å². The average molecular weight is 293 g/mol. The lowest BCUT2D eigenvalue weighted by Crippen LogP contribution is -2.38. The van der Waals surface area contributed by atoms with Gasteiger partial charge in [0.1, 0.15) is 0 Å². The van der Waals surface area contributed by atoms with Crippen molar-refractivity contribution >= 4 is 5.91 Å². The molecule has 0 radical (unpaired) electrons. The second-order valence-corrected chi connectivity index (χ2v) is 6.93. The number of carbonyl (C=O) groups excluding carboxylic acids is 1. The summed E-state index contributed by atoms with van der Waals surface area (Å²) in [5.41, 5.74) is 0.867. The smallest absolute Gasteiger partial charge is 0.227 e. The minimum atomic E-state index is -0.333. The van der Waals surface area contributed by atoms with Crippen molar-refractivity contribution in [1.82, 2.24) is 14.7 Å². The number of aromatic nitrogens is 2. The van der Waals surface area contributed by atoms with Gasteiger partial charge in [-0.1, -0.05) is 20.8 Å². The van der Waals surface area contributed by atoms with Gasteiger partial charge in [-0.05, 0) is 12.5 Å². The molecule has 5 heteroatoms. The molecule has 2 rings (SSSR count). The van der Waals surface area contributed by atoms with Crippen LogP contribution in [0.15, 0.2) is 12.4 Å². The summed E-state index contributed by atoms with van der Waals surface area (Å²) in [6.45, 7) is 10.9. The third-order valence-electron chi connectivity index (χ3n) is 4.06. The molecule has 1 amide bonds. The second kappa shape index (κ2) is 6.18. The van der Waals surface area contributed by atoms with Gasteiger partial charge in [-0.25, -0.2) is 0 Å². The van der Waals surface area contributed by atoms with Crippen LogP contribution >= 0.6 is 0 Å². The predicted molar refractivity (Wildman–Crippen MR) is 82.0 cm³/mol. The highest BCUT2D eigenvalue weighted by molar-refractivity contribution is 5.82. The maximum Gasteiger partial charge on any atom is 0.227 e. The van der Waals surface area contributed by atoms with Crippen LogP contribution in [0.25, 0.3) is 0 Å². The molecule has 0 saturated carbocycles. The molecule has 2 heterocycles. The highest BCUT2D eigenvalue weighted by Crippen LogP contribution is 2.34. The normalized spacial score (nSPS) is 22.8. The van der Waals surface area contributed by atoms with Crippen molar-refractivity contribution in [2.45, 2.75) is 33.6 Å². The maximum atomic E-state index is 12.5. The fourth-order valence-corrected chi connectivity index (χ4v) is 2.96. The molecule has 1 fully saturated rings. The molecular weight excluding hydrogens is 266 g/mol. The summed E-state index contributed by atoms with van der Waals surface area (Å²) in [6.07, 6.45) is 3.96. The minimum absolute atomic E-state index is 0.218. The third-order valence-corrected chi connectivity index (χ3v) is 4.06. The summed E-state index contributed by atoms with van der Waals surface area (Å²) in [7, 11) is 1.92. The van der Waals surface area contributed by atoms with Gasteiger partial charge in [-0.2, -0.15) is 5.10 Å². The first-order chi connectivity index (χ1) is 9.82. The van der Waals surface area contributed by atoms with Crippen LogP contribution in [0.3, 0.4) is 0 Å². The van der Waals surface area contributed by atoms with E-state index in [0.29, 0.717) is 25.0 Å². The van der Waals surface area contributed by atoms with E-state index in [4.69, 9.17) is 4.74 Å². The van der Waals surface area contributed by atoms with E-state index in [1.807, 2.05) is 50.5 Å². The average Bonchev–Trinajstić information content (AvgIpc) is 3.00. The van der Waals surface area contributed by atoms with Gasteiger partial charge >= 0.3 is 0 Å². The van der Waals surface area contributed by atoms with Crippen molar-refractivity contribution < 1.29 is 9.53 Å². The third kappa shape index (κ3) is 3.64. The van der Waals surface area contributed by atoms with Gasteiger partial charge in [-0.15, -0.1) is 0 Å². The molecule has 0 bridgehead atoms. The Hall–Kier alpha value is -1.36. The molecule has 21 heavy (non-hydrogen) atoms. The Bertz CT molecular complexity index is 490. The van der Waals surface area contributed by atoms with Gasteiger partial charge in [0.15, 0.2) is 0 Å². The van der Waals surface area contributed by atoms with E-state index in [-0.39, 0.29) is 11.3 Å². The number of likely N-dealkylation sites (tertiary alicyclic amines) is 1. The van der Waals surface area contributed by atoms with Crippen LogP contribution in [0, 0.1) is 11.3 Å². The number of nitrogens with zero attached hydrogens (tertiary/aromatic N) is 3. The topological polar surface area (TPSA) is 47.4 Å². The molecular formula is C16H27N3O2. The molecule has 2 atom stereocenters. The SMILES string of the molecule is CCOC[C@@H]1CN(C(=O)C(C)(C)C)C[C@H]1c1cnn(C)c1. The summed E-state index contributed by atoms with van der Waals surface area (Å²) in [5.74, 6) is 0.882. The van der Waals surface area contributed by atoms with E-state index in [2.05, 4.69) is 11.3 Å². The van der Waals surface area contributed by atoms with Gasteiger partial charge < -0.3 is 9.64 Å². The zero-order valence-corrected chi connectivity index (χ0v) is 13.8. The van der Waals surface area contributed by atoms with Crippen molar-refractivity contribution in [3.8, 4) is 0 Å². The quantitative estimate of drug-likeness (QED) is 0.853. The van der Waals surface area contributed by atoms with E-state index in [1.165, 1.54) is 5.56 Å². The largest absolute Gasteiger partial charge is 0.381 e. The Morgan fingerprint density at radius 1 is 1.43 bits per heavy atom. The van der Waals surface area contributed by atoms with Gasteiger partial charge in [0.05, 0.1) is 12.8 Å². The molecule has 1 aromatic rings. The monoisotopic (exact) mass is 293 g/mol. The Balaban J connectivity index is 2.15. The van der Waals surface area contributed by atoms with Crippen LogP contribution in [0.5, 0.6) is 0 Å². The molecule has 1 saturated heterocycles. The maximum absolute atomic E-state index is 12.5. The van der Waals surface area contributed by atoms with Crippen LogP contribution in [0.1, 0.15) is 39.2 Å². The van der Waals surface area contributed by atoms with Gasteiger partial charge in [-0.3, -0.25) is 9.48 Å². The molecule has 0 spiro atoms. The van der Waals surface area contributed by atoms with E-state index < -0.39 is 0 Å². The van der Waals surface area contributed by atoms with Crippen LogP contribution in [-0.4, -0.2) is 46.9 Å². The predicted octanol–water partition coefficient (Wildman–Crippen LogP) is 2.04. The van der Waals surface area contributed by atoms with Crippen LogP contribution in [-0.2, 0) is 16.6 Å². The lowest BCUT2D eigenvalue weighted by atomic mass is 9.92. The Labute approximate surface area is 127 Å². The molecule has 1 aliphatic rings. The number of carbonyl (C=O) groups is 1.